The Morgan fingerprint density at radius 1 is 1.42 bits per heavy atom. The van der Waals surface area contributed by atoms with E-state index in [0.29, 0.717) is 18.3 Å². The Labute approximate surface area is 149 Å². The van der Waals surface area contributed by atoms with Crippen molar-refractivity contribution in [2.45, 2.75) is 32.7 Å². The number of pyridine rings is 1. The van der Waals surface area contributed by atoms with E-state index in [2.05, 4.69) is 41.3 Å². The monoisotopic (exact) mass is 393 g/mol. The first-order chi connectivity index (χ1) is 11.6. The van der Waals surface area contributed by atoms with Gasteiger partial charge in [-0.3, -0.25) is 9.69 Å². The molecular formula is C16H20BrN5O2. The minimum Gasteiger partial charge on any atom is -0.338 e. The molecule has 0 aromatic carbocycles. The van der Waals surface area contributed by atoms with Gasteiger partial charge in [0.05, 0.1) is 6.54 Å². The first kappa shape index (κ1) is 17.0. The van der Waals surface area contributed by atoms with Crippen molar-refractivity contribution in [3.8, 4) is 0 Å². The highest BCUT2D eigenvalue weighted by atomic mass is 79.9. The number of carbonyl (C=O) groups excluding carboxylic acids is 1. The molecule has 0 saturated carbocycles. The van der Waals surface area contributed by atoms with Gasteiger partial charge in [-0.05, 0) is 54.0 Å². The zero-order chi connectivity index (χ0) is 16.9. The number of aryl methyl sites for hydroxylation is 1. The maximum absolute atomic E-state index is 12.3. The molecule has 1 amide bonds. The highest BCUT2D eigenvalue weighted by Crippen LogP contribution is 2.20. The average Bonchev–Trinajstić information content (AvgIpc) is 3.05. The second-order valence-corrected chi connectivity index (χ2v) is 6.77. The number of likely N-dealkylation sites (tertiary alicyclic amines) is 1. The molecule has 2 aromatic rings. The van der Waals surface area contributed by atoms with Gasteiger partial charge >= 0.3 is 0 Å². The highest BCUT2D eigenvalue weighted by Gasteiger charge is 2.26. The summed E-state index contributed by atoms with van der Waals surface area (Å²) in [7, 11) is 0. The fourth-order valence-corrected chi connectivity index (χ4v) is 2.96. The predicted octanol–water partition coefficient (Wildman–Crippen LogP) is 2.64. The van der Waals surface area contributed by atoms with Crippen LogP contribution in [0.2, 0.25) is 0 Å². The number of halogens is 1. The maximum Gasteiger partial charge on any atom is 0.240 e. The van der Waals surface area contributed by atoms with Crippen LogP contribution in [-0.4, -0.2) is 39.0 Å². The summed E-state index contributed by atoms with van der Waals surface area (Å²) in [6, 6.07) is 3.65. The minimum absolute atomic E-state index is 0.0144. The van der Waals surface area contributed by atoms with Crippen LogP contribution in [-0.2, 0) is 17.8 Å². The molecule has 0 aliphatic carbocycles. The van der Waals surface area contributed by atoms with Crippen molar-refractivity contribution in [1.29, 1.82) is 0 Å². The van der Waals surface area contributed by atoms with Crippen LogP contribution in [0.4, 0.5) is 5.82 Å². The van der Waals surface area contributed by atoms with Crippen molar-refractivity contribution < 1.29 is 9.32 Å². The van der Waals surface area contributed by atoms with Crippen LogP contribution in [0, 0.1) is 5.92 Å². The highest BCUT2D eigenvalue weighted by molar-refractivity contribution is 9.10. The number of hydrogen-bond donors (Lipinski definition) is 1. The van der Waals surface area contributed by atoms with Gasteiger partial charge in [0.1, 0.15) is 5.82 Å². The first-order valence-corrected chi connectivity index (χ1v) is 8.89. The molecule has 3 rings (SSSR count). The van der Waals surface area contributed by atoms with Crippen molar-refractivity contribution >= 4 is 27.7 Å². The summed E-state index contributed by atoms with van der Waals surface area (Å²) >= 11 is 3.33. The zero-order valence-electron chi connectivity index (χ0n) is 13.5. The first-order valence-electron chi connectivity index (χ1n) is 8.10. The number of nitrogens with zero attached hydrogens (tertiary/aromatic N) is 4. The minimum atomic E-state index is 0.0144. The van der Waals surface area contributed by atoms with Gasteiger partial charge in [-0.15, -0.1) is 0 Å². The third-order valence-electron chi connectivity index (χ3n) is 4.12. The van der Waals surface area contributed by atoms with Crippen molar-refractivity contribution in [2.75, 3.05) is 18.4 Å². The van der Waals surface area contributed by atoms with Crippen LogP contribution < -0.4 is 5.32 Å². The van der Waals surface area contributed by atoms with E-state index in [0.717, 1.165) is 42.6 Å². The van der Waals surface area contributed by atoms with E-state index in [-0.39, 0.29) is 11.8 Å². The third-order valence-corrected chi connectivity index (χ3v) is 4.59. The van der Waals surface area contributed by atoms with Gasteiger partial charge in [0, 0.05) is 23.0 Å². The molecule has 8 heteroatoms. The van der Waals surface area contributed by atoms with Gasteiger partial charge in [-0.2, -0.15) is 4.98 Å². The Morgan fingerprint density at radius 3 is 2.83 bits per heavy atom. The van der Waals surface area contributed by atoms with Crippen molar-refractivity contribution in [3.05, 3.63) is 34.5 Å². The molecule has 0 unspecified atom stereocenters. The quantitative estimate of drug-likeness (QED) is 0.840. The van der Waals surface area contributed by atoms with E-state index < -0.39 is 0 Å². The maximum atomic E-state index is 12.3. The number of rotatable bonds is 5. The summed E-state index contributed by atoms with van der Waals surface area (Å²) in [5, 5.41) is 6.79. The van der Waals surface area contributed by atoms with Gasteiger partial charge in [0.2, 0.25) is 11.8 Å². The lowest BCUT2D eigenvalue weighted by Gasteiger charge is -2.30. The molecule has 7 nitrogen and oxygen atoms in total. The van der Waals surface area contributed by atoms with Crippen LogP contribution in [0.1, 0.15) is 31.5 Å². The van der Waals surface area contributed by atoms with Crippen molar-refractivity contribution in [1.82, 2.24) is 20.0 Å². The Bertz CT molecular complexity index is 680. The van der Waals surface area contributed by atoms with Gasteiger partial charge in [0.25, 0.3) is 0 Å². The fourth-order valence-electron chi connectivity index (χ4n) is 2.72. The van der Waals surface area contributed by atoms with Gasteiger partial charge in [-0.25, -0.2) is 4.98 Å². The normalized spacial score (nSPS) is 16.2. The van der Waals surface area contributed by atoms with Gasteiger partial charge in [0.15, 0.2) is 5.82 Å². The topological polar surface area (TPSA) is 84.2 Å². The number of piperidine rings is 1. The Balaban J connectivity index is 1.47. The van der Waals surface area contributed by atoms with E-state index in [9.17, 15) is 4.79 Å². The number of aromatic nitrogens is 3. The van der Waals surface area contributed by atoms with Crippen LogP contribution in [0.15, 0.2) is 27.3 Å². The summed E-state index contributed by atoms with van der Waals surface area (Å²) in [5.74, 6) is 2.02. The van der Waals surface area contributed by atoms with Gasteiger partial charge in [-0.1, -0.05) is 12.1 Å². The summed E-state index contributed by atoms with van der Waals surface area (Å²) in [6.45, 7) is 4.33. The average molecular weight is 394 g/mol. The number of nitrogens with one attached hydrogen (secondary N) is 1. The van der Waals surface area contributed by atoms with Gasteiger partial charge < -0.3 is 9.84 Å². The number of anilines is 1. The summed E-state index contributed by atoms with van der Waals surface area (Å²) in [5.41, 5.74) is 0. The number of hydrogen-bond acceptors (Lipinski definition) is 6. The van der Waals surface area contributed by atoms with Crippen LogP contribution >= 0.6 is 15.9 Å². The third kappa shape index (κ3) is 4.39. The Kier molecular flexibility index (Phi) is 5.57. The Hall–Kier alpha value is -1.80. The summed E-state index contributed by atoms with van der Waals surface area (Å²) in [4.78, 5) is 23.1. The van der Waals surface area contributed by atoms with Crippen LogP contribution in [0.3, 0.4) is 0 Å². The largest absolute Gasteiger partial charge is 0.338 e. The molecule has 0 spiro atoms. The molecule has 2 aromatic heterocycles. The van der Waals surface area contributed by atoms with Crippen molar-refractivity contribution in [2.24, 2.45) is 5.92 Å². The number of amides is 1. The Morgan fingerprint density at radius 2 is 2.21 bits per heavy atom. The molecule has 1 saturated heterocycles. The fraction of sp³-hybridized carbons (Fsp3) is 0.500. The van der Waals surface area contributed by atoms with Crippen molar-refractivity contribution in [3.63, 3.8) is 0 Å². The van der Waals surface area contributed by atoms with E-state index in [1.807, 2.05) is 13.0 Å². The smallest absolute Gasteiger partial charge is 0.240 e. The van der Waals surface area contributed by atoms with E-state index in [4.69, 9.17) is 4.52 Å². The molecule has 3 heterocycles. The molecule has 0 atom stereocenters. The molecule has 0 bridgehead atoms. The van der Waals surface area contributed by atoms with Crippen LogP contribution in [0.25, 0.3) is 0 Å². The molecule has 1 aliphatic heterocycles. The summed E-state index contributed by atoms with van der Waals surface area (Å²) in [6.07, 6.45) is 4.08. The molecule has 1 aliphatic rings. The SMILES string of the molecule is CCc1noc(CN2CCC(C(=O)Nc3ccc(Br)cn3)CC2)n1. The molecule has 0 radical (unpaired) electrons. The molecule has 128 valence electrons. The molecule has 24 heavy (non-hydrogen) atoms. The standard InChI is InChI=1S/C16H20BrN5O2/c1-2-13-19-15(24-21-13)10-22-7-5-11(6-8-22)16(23)20-14-4-3-12(17)9-18-14/h3-4,9,11H,2,5-8,10H2,1H3,(H,18,20,23). The lowest BCUT2D eigenvalue weighted by molar-refractivity contribution is -0.121. The predicted molar refractivity (Wildman–Crippen MR) is 92.2 cm³/mol. The summed E-state index contributed by atoms with van der Waals surface area (Å²) < 4.78 is 6.12. The molecule has 1 N–H and O–H groups in total. The second kappa shape index (κ2) is 7.85. The van der Waals surface area contributed by atoms with Crippen LogP contribution in [0.5, 0.6) is 0 Å². The second-order valence-electron chi connectivity index (χ2n) is 5.86. The zero-order valence-corrected chi connectivity index (χ0v) is 15.1. The molecular weight excluding hydrogens is 374 g/mol. The molecule has 1 fully saturated rings. The van der Waals surface area contributed by atoms with E-state index in [1.54, 1.807) is 12.3 Å². The van der Waals surface area contributed by atoms with E-state index in [1.165, 1.54) is 0 Å². The van der Waals surface area contributed by atoms with E-state index >= 15 is 0 Å². The lowest BCUT2D eigenvalue weighted by atomic mass is 9.96. The lowest BCUT2D eigenvalue weighted by Crippen LogP contribution is -2.37. The number of carbonyl (C=O) groups is 1.